The molecule has 0 saturated carbocycles. The molecule has 1 aromatic heterocycles. The number of nitrogens with zero attached hydrogens (tertiary/aromatic N) is 1. The molecule has 1 aromatic carbocycles. The van der Waals surface area contributed by atoms with E-state index in [9.17, 15) is 5.11 Å². The summed E-state index contributed by atoms with van der Waals surface area (Å²) in [6.45, 7) is 3.87. The van der Waals surface area contributed by atoms with E-state index in [4.69, 9.17) is 0 Å². The molecule has 1 heterocycles. The third-order valence-corrected chi connectivity index (χ3v) is 2.79. The predicted octanol–water partition coefficient (Wildman–Crippen LogP) is 2.54. The fraction of sp³-hybridized carbons (Fsp3) is 0.333. The molecule has 2 heteroatoms. The minimum atomic E-state index is -0.394. The van der Waals surface area contributed by atoms with Crippen LogP contribution in [0.25, 0.3) is 10.9 Å². The van der Waals surface area contributed by atoms with Crippen LogP contribution in [0.5, 0.6) is 0 Å². The Bertz CT molecular complexity index is 468. The smallest absolute Gasteiger partial charge is 0.0762 e. The number of fused-ring (bicyclic) bond motifs is 1. The van der Waals surface area contributed by atoms with E-state index < -0.39 is 6.10 Å². The first kappa shape index (κ1) is 9.28. The number of aryl methyl sites for hydroxylation is 2. The van der Waals surface area contributed by atoms with Crippen molar-refractivity contribution < 1.29 is 5.11 Å². The van der Waals surface area contributed by atoms with Gasteiger partial charge in [0.1, 0.15) is 0 Å². The summed E-state index contributed by atoms with van der Waals surface area (Å²) in [5.41, 5.74) is 3.39. The first-order chi connectivity index (χ1) is 6.59. The maximum atomic E-state index is 9.47. The maximum absolute atomic E-state index is 9.47. The third kappa shape index (κ3) is 1.32. The van der Waals surface area contributed by atoms with Crippen molar-refractivity contribution in [2.45, 2.75) is 20.0 Å². The van der Waals surface area contributed by atoms with Crippen LogP contribution in [-0.4, -0.2) is 9.67 Å². The van der Waals surface area contributed by atoms with Gasteiger partial charge >= 0.3 is 0 Å². The Morgan fingerprint density at radius 3 is 2.64 bits per heavy atom. The standard InChI is InChI=1S/C12H15NO/c1-8-6-11-5-4-10(9(2)14)7-12(11)13(8)3/h4-7,9,14H,1-3H3. The number of rotatable bonds is 1. The predicted molar refractivity (Wildman–Crippen MR) is 58.3 cm³/mol. The zero-order chi connectivity index (χ0) is 10.3. The minimum absolute atomic E-state index is 0.394. The second kappa shape index (κ2) is 3.14. The van der Waals surface area contributed by atoms with E-state index in [0.29, 0.717) is 0 Å². The Kier molecular flexibility index (Phi) is 2.08. The fourth-order valence-corrected chi connectivity index (χ4v) is 1.74. The monoisotopic (exact) mass is 189 g/mol. The summed E-state index contributed by atoms with van der Waals surface area (Å²) in [7, 11) is 2.05. The van der Waals surface area contributed by atoms with Crippen molar-refractivity contribution in [1.29, 1.82) is 0 Å². The highest BCUT2D eigenvalue weighted by atomic mass is 16.3. The molecule has 0 bridgehead atoms. The van der Waals surface area contributed by atoms with Crippen molar-refractivity contribution in [2.24, 2.45) is 7.05 Å². The number of aliphatic hydroxyl groups is 1. The quantitative estimate of drug-likeness (QED) is 0.732. The van der Waals surface area contributed by atoms with Gasteiger partial charge in [-0.25, -0.2) is 0 Å². The van der Waals surface area contributed by atoms with Gasteiger partial charge in [0, 0.05) is 18.3 Å². The summed E-state index contributed by atoms with van der Waals surface area (Å²) < 4.78 is 2.14. The molecule has 0 fully saturated rings. The molecular weight excluding hydrogens is 174 g/mol. The van der Waals surface area contributed by atoms with E-state index in [1.807, 2.05) is 19.2 Å². The SMILES string of the molecule is Cc1cc2ccc(C(C)O)cc2n1C. The average Bonchev–Trinajstić information content (AvgIpc) is 2.43. The Morgan fingerprint density at radius 1 is 1.29 bits per heavy atom. The van der Waals surface area contributed by atoms with Crippen LogP contribution in [0.15, 0.2) is 24.3 Å². The summed E-state index contributed by atoms with van der Waals surface area (Å²) in [6.07, 6.45) is -0.394. The highest BCUT2D eigenvalue weighted by Crippen LogP contribution is 2.22. The van der Waals surface area contributed by atoms with Crippen molar-refractivity contribution in [3.63, 3.8) is 0 Å². The largest absolute Gasteiger partial charge is 0.389 e. The van der Waals surface area contributed by atoms with Gasteiger partial charge in [-0.05, 0) is 36.9 Å². The number of aliphatic hydroxyl groups excluding tert-OH is 1. The number of hydrogen-bond donors (Lipinski definition) is 1. The topological polar surface area (TPSA) is 25.2 Å². The molecule has 1 unspecified atom stereocenters. The summed E-state index contributed by atoms with van der Waals surface area (Å²) in [4.78, 5) is 0. The normalized spacial score (nSPS) is 13.4. The molecule has 0 spiro atoms. The molecule has 2 aromatic rings. The van der Waals surface area contributed by atoms with Crippen LogP contribution in [0.2, 0.25) is 0 Å². The zero-order valence-electron chi connectivity index (χ0n) is 8.78. The Balaban J connectivity index is 2.69. The molecule has 2 nitrogen and oxygen atoms in total. The van der Waals surface area contributed by atoms with Crippen molar-refractivity contribution in [3.05, 3.63) is 35.5 Å². The molecule has 0 radical (unpaired) electrons. The number of hydrogen-bond acceptors (Lipinski definition) is 1. The highest BCUT2D eigenvalue weighted by molar-refractivity contribution is 5.82. The van der Waals surface area contributed by atoms with E-state index in [1.54, 1.807) is 6.92 Å². The Labute approximate surface area is 83.8 Å². The lowest BCUT2D eigenvalue weighted by Crippen LogP contribution is -1.93. The van der Waals surface area contributed by atoms with E-state index >= 15 is 0 Å². The van der Waals surface area contributed by atoms with Gasteiger partial charge in [0.15, 0.2) is 0 Å². The summed E-state index contributed by atoms with van der Waals surface area (Å²) in [5, 5.41) is 10.7. The minimum Gasteiger partial charge on any atom is -0.389 e. The molecule has 0 aliphatic rings. The van der Waals surface area contributed by atoms with Crippen molar-refractivity contribution >= 4 is 10.9 Å². The van der Waals surface area contributed by atoms with Crippen molar-refractivity contribution in [2.75, 3.05) is 0 Å². The maximum Gasteiger partial charge on any atom is 0.0762 e. The average molecular weight is 189 g/mol. The van der Waals surface area contributed by atoms with E-state index in [1.165, 1.54) is 16.6 Å². The van der Waals surface area contributed by atoms with Gasteiger partial charge in [-0.2, -0.15) is 0 Å². The molecular formula is C12H15NO. The van der Waals surface area contributed by atoms with E-state index in [0.717, 1.165) is 5.56 Å². The number of aromatic nitrogens is 1. The molecule has 0 saturated heterocycles. The van der Waals surface area contributed by atoms with Crippen molar-refractivity contribution in [3.8, 4) is 0 Å². The van der Waals surface area contributed by atoms with Gasteiger partial charge in [0.2, 0.25) is 0 Å². The van der Waals surface area contributed by atoms with Gasteiger partial charge in [-0.15, -0.1) is 0 Å². The second-order valence-electron chi connectivity index (χ2n) is 3.84. The fourth-order valence-electron chi connectivity index (χ4n) is 1.74. The van der Waals surface area contributed by atoms with Crippen LogP contribution in [-0.2, 0) is 7.05 Å². The molecule has 2 rings (SSSR count). The summed E-state index contributed by atoms with van der Waals surface area (Å²) in [6, 6.07) is 8.24. The van der Waals surface area contributed by atoms with Crippen molar-refractivity contribution in [1.82, 2.24) is 4.57 Å². The third-order valence-electron chi connectivity index (χ3n) is 2.79. The summed E-state index contributed by atoms with van der Waals surface area (Å²) >= 11 is 0. The molecule has 14 heavy (non-hydrogen) atoms. The zero-order valence-corrected chi connectivity index (χ0v) is 8.78. The highest BCUT2D eigenvalue weighted by Gasteiger charge is 2.05. The molecule has 0 aliphatic carbocycles. The van der Waals surface area contributed by atoms with Gasteiger partial charge in [0.05, 0.1) is 6.10 Å². The van der Waals surface area contributed by atoms with Gasteiger partial charge in [-0.3, -0.25) is 0 Å². The first-order valence-corrected chi connectivity index (χ1v) is 4.83. The van der Waals surface area contributed by atoms with Crippen LogP contribution < -0.4 is 0 Å². The van der Waals surface area contributed by atoms with Gasteiger partial charge in [0.25, 0.3) is 0 Å². The van der Waals surface area contributed by atoms with Crippen LogP contribution in [0.3, 0.4) is 0 Å². The van der Waals surface area contributed by atoms with Crippen LogP contribution >= 0.6 is 0 Å². The molecule has 1 N–H and O–H groups in total. The van der Waals surface area contributed by atoms with Gasteiger partial charge < -0.3 is 9.67 Å². The molecule has 0 amide bonds. The molecule has 1 atom stereocenters. The first-order valence-electron chi connectivity index (χ1n) is 4.83. The lowest BCUT2D eigenvalue weighted by molar-refractivity contribution is 0.199. The van der Waals surface area contributed by atoms with E-state index in [-0.39, 0.29) is 0 Å². The van der Waals surface area contributed by atoms with Gasteiger partial charge in [-0.1, -0.05) is 12.1 Å². The summed E-state index contributed by atoms with van der Waals surface area (Å²) in [5.74, 6) is 0. The Hall–Kier alpha value is -1.28. The van der Waals surface area contributed by atoms with Crippen LogP contribution in [0.4, 0.5) is 0 Å². The lowest BCUT2D eigenvalue weighted by atomic mass is 10.1. The molecule has 74 valence electrons. The van der Waals surface area contributed by atoms with Crippen LogP contribution in [0.1, 0.15) is 24.3 Å². The second-order valence-corrected chi connectivity index (χ2v) is 3.84. The van der Waals surface area contributed by atoms with E-state index in [2.05, 4.69) is 23.6 Å². The molecule has 0 aliphatic heterocycles. The number of benzene rings is 1. The van der Waals surface area contributed by atoms with Crippen LogP contribution in [0, 0.1) is 6.92 Å². The lowest BCUT2D eigenvalue weighted by Gasteiger charge is -2.05. The Morgan fingerprint density at radius 2 is 2.00 bits per heavy atom.